The van der Waals surface area contributed by atoms with Crippen molar-refractivity contribution in [3.63, 3.8) is 0 Å². The molecule has 2 heteroatoms. The second-order valence-corrected chi connectivity index (χ2v) is 5.82. The number of hydrogen-bond acceptors (Lipinski definition) is 2. The standard InChI is InChI=1S/C19H14OS/c20-17-9-4-10-18(21)19(17)15-8-3-7-14-13-6-2-1-5-12(13)11-16(14)15/h1-10,20-21H,11H2. The number of aromatic hydroxyl groups is 1. The van der Waals surface area contributed by atoms with Crippen LogP contribution in [-0.2, 0) is 6.42 Å². The number of hydrogen-bond donors (Lipinski definition) is 2. The normalized spacial score (nSPS) is 12.0. The van der Waals surface area contributed by atoms with Crippen LogP contribution >= 0.6 is 12.6 Å². The molecule has 3 aromatic carbocycles. The molecule has 21 heavy (non-hydrogen) atoms. The maximum absolute atomic E-state index is 10.2. The van der Waals surface area contributed by atoms with Crippen molar-refractivity contribution in [1.29, 1.82) is 0 Å². The summed E-state index contributed by atoms with van der Waals surface area (Å²) in [5, 5.41) is 10.2. The van der Waals surface area contributed by atoms with E-state index in [2.05, 4.69) is 55.1 Å². The molecular weight excluding hydrogens is 276 g/mol. The minimum absolute atomic E-state index is 0.284. The SMILES string of the molecule is Oc1cccc(S)c1-c1cccc2c1Cc1ccccc1-2. The maximum Gasteiger partial charge on any atom is 0.124 e. The highest BCUT2D eigenvalue weighted by molar-refractivity contribution is 7.80. The lowest BCUT2D eigenvalue weighted by atomic mass is 9.95. The Kier molecular flexibility index (Phi) is 2.79. The number of fused-ring (bicyclic) bond motifs is 3. The van der Waals surface area contributed by atoms with Gasteiger partial charge in [-0.3, -0.25) is 0 Å². The summed E-state index contributed by atoms with van der Waals surface area (Å²) in [6, 6.07) is 20.2. The molecule has 0 aliphatic heterocycles. The highest BCUT2D eigenvalue weighted by Gasteiger charge is 2.22. The van der Waals surface area contributed by atoms with Gasteiger partial charge < -0.3 is 5.11 Å². The van der Waals surface area contributed by atoms with Crippen LogP contribution in [0.3, 0.4) is 0 Å². The highest BCUT2D eigenvalue weighted by atomic mass is 32.1. The van der Waals surface area contributed by atoms with E-state index in [1.807, 2.05) is 12.1 Å². The summed E-state index contributed by atoms with van der Waals surface area (Å²) in [4.78, 5) is 0.805. The Morgan fingerprint density at radius 1 is 0.762 bits per heavy atom. The summed E-state index contributed by atoms with van der Waals surface area (Å²) in [7, 11) is 0. The van der Waals surface area contributed by atoms with Crippen molar-refractivity contribution in [3.8, 4) is 28.0 Å². The molecule has 0 heterocycles. The molecule has 4 rings (SSSR count). The van der Waals surface area contributed by atoms with Crippen molar-refractivity contribution < 1.29 is 5.11 Å². The van der Waals surface area contributed by atoms with Crippen LogP contribution in [-0.4, -0.2) is 5.11 Å². The maximum atomic E-state index is 10.2. The molecule has 1 aliphatic rings. The van der Waals surface area contributed by atoms with E-state index in [0.29, 0.717) is 0 Å². The van der Waals surface area contributed by atoms with Gasteiger partial charge in [-0.05, 0) is 46.4 Å². The Hall–Kier alpha value is -2.19. The van der Waals surface area contributed by atoms with Gasteiger partial charge in [0, 0.05) is 10.5 Å². The van der Waals surface area contributed by atoms with E-state index in [1.54, 1.807) is 6.07 Å². The van der Waals surface area contributed by atoms with Crippen LogP contribution in [0.1, 0.15) is 11.1 Å². The van der Waals surface area contributed by atoms with Gasteiger partial charge in [0.25, 0.3) is 0 Å². The molecule has 1 N–H and O–H groups in total. The van der Waals surface area contributed by atoms with Crippen LogP contribution in [0.4, 0.5) is 0 Å². The van der Waals surface area contributed by atoms with Gasteiger partial charge >= 0.3 is 0 Å². The van der Waals surface area contributed by atoms with Gasteiger partial charge in [0.05, 0.1) is 0 Å². The summed E-state index contributed by atoms with van der Waals surface area (Å²) in [5.41, 5.74) is 7.08. The molecule has 0 saturated carbocycles. The highest BCUT2D eigenvalue weighted by Crippen LogP contribution is 2.44. The molecule has 0 radical (unpaired) electrons. The molecule has 0 bridgehead atoms. The molecule has 0 unspecified atom stereocenters. The van der Waals surface area contributed by atoms with Crippen molar-refractivity contribution >= 4 is 12.6 Å². The Labute approximate surface area is 129 Å². The number of benzene rings is 3. The van der Waals surface area contributed by atoms with Gasteiger partial charge in [-0.15, -0.1) is 12.6 Å². The van der Waals surface area contributed by atoms with Crippen LogP contribution < -0.4 is 0 Å². The average Bonchev–Trinajstić information content (AvgIpc) is 2.87. The quantitative estimate of drug-likeness (QED) is 0.477. The Morgan fingerprint density at radius 2 is 1.48 bits per heavy atom. The first-order chi connectivity index (χ1) is 10.3. The Bertz CT molecular complexity index is 832. The molecule has 102 valence electrons. The predicted molar refractivity (Wildman–Crippen MR) is 89.0 cm³/mol. The zero-order chi connectivity index (χ0) is 14.4. The van der Waals surface area contributed by atoms with E-state index < -0.39 is 0 Å². The fourth-order valence-electron chi connectivity index (χ4n) is 3.20. The van der Waals surface area contributed by atoms with Gasteiger partial charge in [-0.25, -0.2) is 0 Å². The van der Waals surface area contributed by atoms with E-state index in [0.717, 1.165) is 22.4 Å². The number of rotatable bonds is 1. The van der Waals surface area contributed by atoms with Crippen molar-refractivity contribution in [3.05, 3.63) is 71.8 Å². The molecule has 1 aliphatic carbocycles. The predicted octanol–water partition coefficient (Wildman–Crippen LogP) is 4.92. The zero-order valence-electron chi connectivity index (χ0n) is 11.4. The molecular formula is C19H14OS. The Balaban J connectivity index is 1.99. The summed E-state index contributed by atoms with van der Waals surface area (Å²) in [6.07, 6.45) is 0.906. The van der Waals surface area contributed by atoms with Crippen LogP contribution in [0.2, 0.25) is 0 Å². The third-order valence-electron chi connectivity index (χ3n) is 4.14. The molecule has 0 atom stereocenters. The Morgan fingerprint density at radius 3 is 2.33 bits per heavy atom. The minimum Gasteiger partial charge on any atom is -0.507 e. The fourth-order valence-corrected chi connectivity index (χ4v) is 3.52. The van der Waals surface area contributed by atoms with Crippen LogP contribution in [0.25, 0.3) is 22.3 Å². The van der Waals surface area contributed by atoms with Crippen molar-refractivity contribution in [2.24, 2.45) is 0 Å². The second-order valence-electron chi connectivity index (χ2n) is 5.34. The van der Waals surface area contributed by atoms with E-state index in [9.17, 15) is 5.11 Å². The third kappa shape index (κ3) is 1.87. The number of thiol groups is 1. The average molecular weight is 290 g/mol. The van der Waals surface area contributed by atoms with E-state index in [4.69, 9.17) is 0 Å². The van der Waals surface area contributed by atoms with Gasteiger partial charge in [-0.2, -0.15) is 0 Å². The van der Waals surface area contributed by atoms with E-state index in [1.165, 1.54) is 22.3 Å². The largest absolute Gasteiger partial charge is 0.507 e. The molecule has 3 aromatic rings. The number of phenols is 1. The fraction of sp³-hybridized carbons (Fsp3) is 0.0526. The summed E-state index contributed by atoms with van der Waals surface area (Å²) >= 11 is 4.52. The molecule has 0 fully saturated rings. The minimum atomic E-state index is 0.284. The first-order valence-electron chi connectivity index (χ1n) is 6.97. The van der Waals surface area contributed by atoms with E-state index in [-0.39, 0.29) is 5.75 Å². The van der Waals surface area contributed by atoms with Crippen molar-refractivity contribution in [2.75, 3.05) is 0 Å². The summed E-state index contributed by atoms with van der Waals surface area (Å²) in [6.45, 7) is 0. The lowest BCUT2D eigenvalue weighted by Gasteiger charge is -2.12. The zero-order valence-corrected chi connectivity index (χ0v) is 12.3. The lowest BCUT2D eigenvalue weighted by Crippen LogP contribution is -1.89. The summed E-state index contributed by atoms with van der Waals surface area (Å²) < 4.78 is 0. The smallest absolute Gasteiger partial charge is 0.124 e. The first-order valence-corrected chi connectivity index (χ1v) is 7.42. The lowest BCUT2D eigenvalue weighted by molar-refractivity contribution is 0.476. The van der Waals surface area contributed by atoms with Crippen LogP contribution in [0, 0.1) is 0 Å². The van der Waals surface area contributed by atoms with Crippen LogP contribution in [0.15, 0.2) is 65.6 Å². The molecule has 0 saturated heterocycles. The second kappa shape index (κ2) is 4.68. The van der Waals surface area contributed by atoms with Crippen molar-refractivity contribution in [2.45, 2.75) is 11.3 Å². The van der Waals surface area contributed by atoms with Gasteiger partial charge in [0.2, 0.25) is 0 Å². The van der Waals surface area contributed by atoms with Gasteiger partial charge in [0.15, 0.2) is 0 Å². The molecule has 0 aromatic heterocycles. The molecule has 0 spiro atoms. The molecule has 0 amide bonds. The van der Waals surface area contributed by atoms with E-state index >= 15 is 0 Å². The topological polar surface area (TPSA) is 20.2 Å². The third-order valence-corrected chi connectivity index (χ3v) is 4.51. The van der Waals surface area contributed by atoms with Gasteiger partial charge in [-0.1, -0.05) is 48.5 Å². The van der Waals surface area contributed by atoms with Crippen molar-refractivity contribution in [1.82, 2.24) is 0 Å². The van der Waals surface area contributed by atoms with Gasteiger partial charge in [0.1, 0.15) is 5.75 Å². The first kappa shape index (κ1) is 12.5. The molecule has 1 nitrogen and oxygen atoms in total. The summed E-state index contributed by atoms with van der Waals surface area (Å²) in [5.74, 6) is 0.284. The van der Waals surface area contributed by atoms with Crippen LogP contribution in [0.5, 0.6) is 5.75 Å². The number of phenolic OH excluding ortho intramolecular Hbond substituents is 1. The monoisotopic (exact) mass is 290 g/mol.